The Hall–Kier alpha value is -1.94. The second-order valence-corrected chi connectivity index (χ2v) is 37.3. The van der Waals surface area contributed by atoms with Gasteiger partial charge in [0.25, 0.3) is 0 Å². The molecule has 17 nitrogen and oxygen atoms in total. The van der Waals surface area contributed by atoms with Crippen LogP contribution in [-0.2, 0) is 65.4 Å². The summed E-state index contributed by atoms with van der Waals surface area (Å²) in [4.78, 5) is 73.5. The van der Waals surface area contributed by atoms with Gasteiger partial charge in [0.1, 0.15) is 19.3 Å². The number of ether oxygens (including phenoxy) is 4. The maximum Gasteiger partial charge on any atom is 0.472 e. The SMILES string of the molecule is CCCCCCCCCCCCCCCCCCCCCCCCC(=O)O[C@H](COC(=O)CCCCCCCCCCCCCCCCCCCCCCC)COP(=O)(O)OC[C@@H](O)COP(=O)(O)OC[C@@H](COC(=O)CCCCCCCCCCCC(C)C)OC(=O)CCCCCCCCCCCCCCCCC(C)C. The molecule has 0 bridgehead atoms. The highest BCUT2D eigenvalue weighted by Gasteiger charge is 2.31. The fraction of sp³-hybridized carbons (Fsp3) is 0.957. The van der Waals surface area contributed by atoms with Crippen LogP contribution in [0.15, 0.2) is 0 Å². The minimum atomic E-state index is -4.97. The molecule has 3 N–H and O–H groups in total. The number of aliphatic hydroxyl groups excluding tert-OH is 1. The van der Waals surface area contributed by atoms with Crippen LogP contribution in [0.4, 0.5) is 0 Å². The van der Waals surface area contributed by atoms with E-state index in [1.54, 1.807) is 0 Å². The number of unbranched alkanes of at least 4 members (excludes halogenated alkanes) is 62. The van der Waals surface area contributed by atoms with E-state index in [0.29, 0.717) is 25.7 Å². The van der Waals surface area contributed by atoms with Crippen LogP contribution in [-0.4, -0.2) is 96.7 Å². The lowest BCUT2D eigenvalue weighted by Crippen LogP contribution is -2.30. The van der Waals surface area contributed by atoms with Crippen molar-refractivity contribution in [3.05, 3.63) is 0 Å². The van der Waals surface area contributed by atoms with Crippen molar-refractivity contribution in [2.45, 2.75) is 522 Å². The van der Waals surface area contributed by atoms with Gasteiger partial charge in [-0.05, 0) is 37.5 Å². The molecule has 0 aliphatic carbocycles. The number of phosphoric acid groups is 2. The number of aliphatic hydroxyl groups is 1. The maximum atomic E-state index is 13.2. The quantitative estimate of drug-likeness (QED) is 0.0222. The predicted octanol–water partition coefficient (Wildman–Crippen LogP) is 29.0. The van der Waals surface area contributed by atoms with Crippen LogP contribution in [0, 0.1) is 11.8 Å². The van der Waals surface area contributed by atoms with E-state index in [2.05, 4.69) is 41.5 Å². The van der Waals surface area contributed by atoms with Gasteiger partial charge in [-0.3, -0.25) is 37.3 Å². The summed E-state index contributed by atoms with van der Waals surface area (Å²) < 4.78 is 69.1. The maximum absolute atomic E-state index is 13.2. The summed E-state index contributed by atoms with van der Waals surface area (Å²) in [6, 6.07) is 0. The second-order valence-electron chi connectivity index (χ2n) is 34.4. The Balaban J connectivity index is 5.24. The highest BCUT2D eigenvalue weighted by Crippen LogP contribution is 2.45. The van der Waals surface area contributed by atoms with Crippen molar-refractivity contribution in [1.82, 2.24) is 0 Å². The van der Waals surface area contributed by atoms with E-state index in [1.807, 2.05) is 0 Å². The van der Waals surface area contributed by atoms with Gasteiger partial charge in [0, 0.05) is 25.7 Å². The van der Waals surface area contributed by atoms with Crippen LogP contribution < -0.4 is 0 Å². The Bertz CT molecular complexity index is 2130. The van der Waals surface area contributed by atoms with Gasteiger partial charge in [0.15, 0.2) is 12.2 Å². The second kappa shape index (κ2) is 84.1. The Morgan fingerprint density at radius 2 is 0.411 bits per heavy atom. The average Bonchev–Trinajstić information content (AvgIpc) is 0.897. The van der Waals surface area contributed by atoms with Crippen molar-refractivity contribution >= 4 is 39.5 Å². The van der Waals surface area contributed by atoms with Crippen LogP contribution in [0.25, 0.3) is 0 Å². The number of carbonyl (C=O) groups is 4. The van der Waals surface area contributed by atoms with E-state index in [9.17, 15) is 43.2 Å². The number of rotatable bonds is 92. The van der Waals surface area contributed by atoms with Crippen LogP contribution in [0.1, 0.15) is 504 Å². The first-order valence-corrected chi connectivity index (χ1v) is 51.0. The number of carbonyl (C=O) groups excluding carboxylic acids is 4. The molecule has 0 aliphatic heterocycles. The Kier molecular flexibility index (Phi) is 82.6. The molecule has 0 fully saturated rings. The number of hydrogen-bond acceptors (Lipinski definition) is 15. The third-order valence-corrected chi connectivity index (χ3v) is 23.9. The lowest BCUT2D eigenvalue weighted by atomic mass is 10.0. The molecule has 0 aliphatic rings. The molecule has 0 aromatic rings. The molecule has 5 atom stereocenters. The molecular weight excluding hydrogens is 1450 g/mol. The third kappa shape index (κ3) is 85.9. The summed E-state index contributed by atoms with van der Waals surface area (Å²) in [6.07, 6.45) is 79.4. The summed E-state index contributed by atoms with van der Waals surface area (Å²) in [5, 5.41) is 10.7. The molecule has 0 radical (unpaired) electrons. The number of phosphoric ester groups is 2. The molecule has 0 heterocycles. The van der Waals surface area contributed by atoms with Crippen molar-refractivity contribution in [3.63, 3.8) is 0 Å². The van der Waals surface area contributed by atoms with Gasteiger partial charge in [0.05, 0.1) is 26.4 Å². The minimum absolute atomic E-state index is 0.108. The van der Waals surface area contributed by atoms with E-state index >= 15 is 0 Å². The van der Waals surface area contributed by atoms with Gasteiger partial charge in [-0.15, -0.1) is 0 Å². The molecule has 0 spiro atoms. The zero-order chi connectivity index (χ0) is 82.0. The lowest BCUT2D eigenvalue weighted by molar-refractivity contribution is -0.161. The highest BCUT2D eigenvalue weighted by molar-refractivity contribution is 7.47. The van der Waals surface area contributed by atoms with Crippen molar-refractivity contribution in [2.24, 2.45) is 11.8 Å². The average molecular weight is 1630 g/mol. The first-order valence-electron chi connectivity index (χ1n) is 48.0. The van der Waals surface area contributed by atoms with Gasteiger partial charge < -0.3 is 33.8 Å². The summed E-state index contributed by atoms with van der Waals surface area (Å²) in [6.45, 7) is 9.71. The van der Waals surface area contributed by atoms with Crippen LogP contribution in [0.3, 0.4) is 0 Å². The first kappa shape index (κ1) is 110. The standard InChI is InChI=1S/C93H182O17P2/c1-7-9-11-13-15-17-19-21-23-25-27-29-31-33-35-37-42-46-52-59-65-71-77-92(97)109-88(81-103-90(95)75-69-63-57-51-45-41-36-34-32-30-28-26-24-22-20-18-16-14-12-10-8-2)83-107-111(99,100)105-79-87(94)80-106-112(101,102)108-84-89(82-104-91(96)76-70-64-58-54-48-50-56-62-68-74-86(5)6)110-93(98)78-72-66-60-53-47-43-39-38-40-44-49-55-61-67-73-85(3)4/h85-89,94H,7-84H2,1-6H3,(H,99,100)(H,101,102)/t87-,88-,89-/m1/s1. The molecule has 0 saturated carbocycles. The molecular formula is C93H182O17P2. The topological polar surface area (TPSA) is 237 Å². The summed E-state index contributed by atoms with van der Waals surface area (Å²) in [5.41, 5.74) is 0. The van der Waals surface area contributed by atoms with Crippen molar-refractivity contribution < 1.29 is 80.2 Å². The van der Waals surface area contributed by atoms with Gasteiger partial charge in [0.2, 0.25) is 0 Å². The fourth-order valence-electron chi connectivity index (χ4n) is 14.7. The molecule has 666 valence electrons. The number of hydrogen-bond donors (Lipinski definition) is 3. The lowest BCUT2D eigenvalue weighted by Gasteiger charge is -2.21. The Morgan fingerprint density at radius 3 is 0.607 bits per heavy atom. The molecule has 2 unspecified atom stereocenters. The normalized spacial score (nSPS) is 13.7. The summed E-state index contributed by atoms with van der Waals surface area (Å²) in [5.74, 6) is -0.556. The molecule has 0 aromatic heterocycles. The van der Waals surface area contributed by atoms with Crippen molar-refractivity contribution in [2.75, 3.05) is 39.6 Å². The predicted molar refractivity (Wildman–Crippen MR) is 465 cm³/mol. The van der Waals surface area contributed by atoms with E-state index in [4.69, 9.17) is 37.0 Å². The molecule has 112 heavy (non-hydrogen) atoms. The molecule has 0 saturated heterocycles. The zero-order valence-corrected chi connectivity index (χ0v) is 75.8. The highest BCUT2D eigenvalue weighted by atomic mass is 31.2. The van der Waals surface area contributed by atoms with E-state index in [1.165, 1.54) is 321 Å². The van der Waals surface area contributed by atoms with Crippen LogP contribution >= 0.6 is 15.6 Å². The fourth-order valence-corrected chi connectivity index (χ4v) is 16.2. The van der Waals surface area contributed by atoms with E-state index in [-0.39, 0.29) is 25.7 Å². The Labute approximate surface area is 689 Å². The first-order chi connectivity index (χ1) is 54.4. The van der Waals surface area contributed by atoms with E-state index in [0.717, 1.165) is 102 Å². The van der Waals surface area contributed by atoms with Crippen LogP contribution in [0.2, 0.25) is 0 Å². The third-order valence-electron chi connectivity index (χ3n) is 22.0. The van der Waals surface area contributed by atoms with E-state index < -0.39 is 97.5 Å². The molecule has 19 heteroatoms. The minimum Gasteiger partial charge on any atom is -0.462 e. The number of esters is 4. The summed E-state index contributed by atoms with van der Waals surface area (Å²) >= 11 is 0. The molecule has 0 amide bonds. The van der Waals surface area contributed by atoms with Crippen LogP contribution in [0.5, 0.6) is 0 Å². The van der Waals surface area contributed by atoms with Gasteiger partial charge in [-0.25, -0.2) is 9.13 Å². The van der Waals surface area contributed by atoms with Crippen molar-refractivity contribution in [1.29, 1.82) is 0 Å². The smallest absolute Gasteiger partial charge is 0.462 e. The van der Waals surface area contributed by atoms with Crippen molar-refractivity contribution in [3.8, 4) is 0 Å². The largest absolute Gasteiger partial charge is 0.472 e. The monoisotopic (exact) mass is 1630 g/mol. The Morgan fingerprint density at radius 1 is 0.241 bits per heavy atom. The zero-order valence-electron chi connectivity index (χ0n) is 74.0. The van der Waals surface area contributed by atoms with Gasteiger partial charge >= 0.3 is 39.5 Å². The van der Waals surface area contributed by atoms with Gasteiger partial charge in [-0.2, -0.15) is 0 Å². The molecule has 0 aromatic carbocycles. The summed E-state index contributed by atoms with van der Waals surface area (Å²) in [7, 11) is -9.94. The molecule has 0 rings (SSSR count). The van der Waals surface area contributed by atoms with Gasteiger partial charge in [-0.1, -0.05) is 452 Å².